The monoisotopic (exact) mass is 501 g/mol. The largest absolute Gasteiger partial charge is 0.487 e. The van der Waals surface area contributed by atoms with Gasteiger partial charge in [0.25, 0.3) is 0 Å². The molecule has 9 nitrogen and oxygen atoms in total. The SMILES string of the molecule is O=C(O)c1ccc2nc(CN3CCC(n4nccc4COc4ccccc4)CC3)n(C[C@@H]3CCO3)c2c1. The van der Waals surface area contributed by atoms with Crippen LogP contribution in [0.3, 0.4) is 0 Å². The Morgan fingerprint density at radius 1 is 1.08 bits per heavy atom. The fourth-order valence-electron chi connectivity index (χ4n) is 5.24. The Labute approximate surface area is 215 Å². The normalized spacial score (nSPS) is 18.6. The average Bonchev–Trinajstić information content (AvgIpc) is 3.50. The van der Waals surface area contributed by atoms with Gasteiger partial charge in [0.1, 0.15) is 18.2 Å². The zero-order valence-corrected chi connectivity index (χ0v) is 20.7. The van der Waals surface area contributed by atoms with Crippen LogP contribution in [0.15, 0.2) is 60.8 Å². The third kappa shape index (κ3) is 5.10. The summed E-state index contributed by atoms with van der Waals surface area (Å²) in [4.78, 5) is 18.9. The minimum Gasteiger partial charge on any atom is -0.487 e. The summed E-state index contributed by atoms with van der Waals surface area (Å²) in [5.74, 6) is 0.892. The molecule has 2 aliphatic rings. The van der Waals surface area contributed by atoms with Gasteiger partial charge in [-0.25, -0.2) is 9.78 Å². The van der Waals surface area contributed by atoms with Crippen LogP contribution in [0.4, 0.5) is 0 Å². The first-order valence-corrected chi connectivity index (χ1v) is 12.9. The van der Waals surface area contributed by atoms with Crippen molar-refractivity contribution in [3.8, 4) is 5.75 Å². The van der Waals surface area contributed by atoms with E-state index in [2.05, 4.69) is 19.2 Å². The number of para-hydroxylation sites is 1. The zero-order chi connectivity index (χ0) is 25.2. The molecule has 9 heteroatoms. The van der Waals surface area contributed by atoms with Gasteiger partial charge in [-0.3, -0.25) is 9.58 Å². The summed E-state index contributed by atoms with van der Waals surface area (Å²) in [5, 5.41) is 14.1. The number of ether oxygens (including phenoxy) is 2. The van der Waals surface area contributed by atoms with Gasteiger partial charge in [0.15, 0.2) is 0 Å². The number of carboxylic acids is 1. The van der Waals surface area contributed by atoms with E-state index in [1.165, 1.54) is 0 Å². The lowest BCUT2D eigenvalue weighted by Crippen LogP contribution is -2.36. The van der Waals surface area contributed by atoms with Crippen LogP contribution in [-0.4, -0.2) is 61.1 Å². The Hall–Kier alpha value is -3.69. The maximum Gasteiger partial charge on any atom is 0.335 e. The van der Waals surface area contributed by atoms with Crippen LogP contribution >= 0.6 is 0 Å². The molecule has 1 atom stereocenters. The molecule has 0 spiro atoms. The van der Waals surface area contributed by atoms with Gasteiger partial charge in [-0.05, 0) is 55.7 Å². The molecule has 0 amide bonds. The molecule has 1 N–H and O–H groups in total. The number of carbonyl (C=O) groups is 1. The van der Waals surface area contributed by atoms with Gasteiger partial charge in [-0.2, -0.15) is 5.10 Å². The highest BCUT2D eigenvalue weighted by Gasteiger charge is 2.26. The number of aromatic carboxylic acids is 1. The van der Waals surface area contributed by atoms with Crippen molar-refractivity contribution >= 4 is 17.0 Å². The van der Waals surface area contributed by atoms with E-state index in [-0.39, 0.29) is 11.7 Å². The highest BCUT2D eigenvalue weighted by atomic mass is 16.5. The van der Waals surface area contributed by atoms with Crippen molar-refractivity contribution in [1.82, 2.24) is 24.2 Å². The molecule has 6 rings (SSSR count). The summed E-state index contributed by atoms with van der Waals surface area (Å²) >= 11 is 0. The minimum absolute atomic E-state index is 0.159. The van der Waals surface area contributed by atoms with Gasteiger partial charge in [-0.1, -0.05) is 18.2 Å². The molecule has 2 saturated heterocycles. The van der Waals surface area contributed by atoms with Gasteiger partial charge in [0.2, 0.25) is 0 Å². The quantitative estimate of drug-likeness (QED) is 0.368. The lowest BCUT2D eigenvalue weighted by molar-refractivity contribution is -0.0592. The molecular formula is C28H31N5O4. The number of hydrogen-bond acceptors (Lipinski definition) is 6. The van der Waals surface area contributed by atoms with Crippen LogP contribution in [0.25, 0.3) is 11.0 Å². The summed E-state index contributed by atoms with van der Waals surface area (Å²) in [6, 6.07) is 17.4. The van der Waals surface area contributed by atoms with Crippen LogP contribution in [0, 0.1) is 0 Å². The fourth-order valence-corrected chi connectivity index (χ4v) is 5.24. The third-order valence-electron chi connectivity index (χ3n) is 7.40. The van der Waals surface area contributed by atoms with E-state index >= 15 is 0 Å². The van der Waals surface area contributed by atoms with E-state index in [4.69, 9.17) is 14.5 Å². The predicted octanol–water partition coefficient (Wildman–Crippen LogP) is 4.14. The molecule has 2 fully saturated rings. The molecule has 2 aromatic carbocycles. The molecule has 0 unspecified atom stereocenters. The number of fused-ring (bicyclic) bond motifs is 1. The number of nitrogens with zero attached hydrogens (tertiary/aromatic N) is 5. The molecule has 0 saturated carbocycles. The second-order valence-electron chi connectivity index (χ2n) is 9.80. The van der Waals surface area contributed by atoms with Crippen molar-refractivity contribution in [1.29, 1.82) is 0 Å². The van der Waals surface area contributed by atoms with Gasteiger partial charge in [0, 0.05) is 25.9 Å². The molecule has 0 radical (unpaired) electrons. The molecule has 2 aliphatic heterocycles. The van der Waals surface area contributed by atoms with Crippen LogP contribution in [-0.2, 0) is 24.4 Å². The number of piperidine rings is 1. The molecule has 37 heavy (non-hydrogen) atoms. The van der Waals surface area contributed by atoms with Gasteiger partial charge >= 0.3 is 5.97 Å². The second-order valence-corrected chi connectivity index (χ2v) is 9.80. The highest BCUT2D eigenvalue weighted by molar-refractivity contribution is 5.92. The summed E-state index contributed by atoms with van der Waals surface area (Å²) < 4.78 is 15.9. The van der Waals surface area contributed by atoms with Crippen molar-refractivity contribution < 1.29 is 19.4 Å². The first kappa shape index (κ1) is 23.7. The van der Waals surface area contributed by atoms with E-state index in [1.54, 1.807) is 12.1 Å². The molecular weight excluding hydrogens is 470 g/mol. The Morgan fingerprint density at radius 2 is 1.89 bits per heavy atom. The lowest BCUT2D eigenvalue weighted by Gasteiger charge is -2.33. The van der Waals surface area contributed by atoms with Crippen molar-refractivity contribution in [2.24, 2.45) is 0 Å². The number of carboxylic acid groups (broad SMARTS) is 1. The highest BCUT2D eigenvalue weighted by Crippen LogP contribution is 2.27. The molecule has 2 aromatic heterocycles. The Morgan fingerprint density at radius 3 is 2.62 bits per heavy atom. The van der Waals surface area contributed by atoms with Crippen molar-refractivity contribution in [2.75, 3.05) is 19.7 Å². The lowest BCUT2D eigenvalue weighted by atomic mass is 10.0. The zero-order valence-electron chi connectivity index (χ0n) is 20.7. The smallest absolute Gasteiger partial charge is 0.335 e. The first-order chi connectivity index (χ1) is 18.1. The maximum atomic E-state index is 11.6. The summed E-state index contributed by atoms with van der Waals surface area (Å²) in [5.41, 5.74) is 3.05. The first-order valence-electron chi connectivity index (χ1n) is 12.9. The van der Waals surface area contributed by atoms with Crippen LogP contribution in [0.1, 0.15) is 47.2 Å². The van der Waals surface area contributed by atoms with Crippen molar-refractivity contribution in [2.45, 2.75) is 51.1 Å². The number of hydrogen-bond donors (Lipinski definition) is 1. The van der Waals surface area contributed by atoms with E-state index < -0.39 is 5.97 Å². The topological polar surface area (TPSA) is 94.6 Å². The minimum atomic E-state index is -0.926. The standard InChI is InChI=1S/C28H31N5O4/c34-28(35)20-6-7-25-26(16-20)32(17-24-11-15-36-24)27(30-25)18-31-13-9-21(10-14-31)33-22(8-12-29-33)19-37-23-4-2-1-3-5-23/h1-8,12,16,21,24H,9-11,13-15,17-19H2,(H,34,35)/t24-/m0/s1. The van der Waals surface area contributed by atoms with E-state index in [9.17, 15) is 9.90 Å². The summed E-state index contributed by atoms with van der Waals surface area (Å²) in [6.07, 6.45) is 5.02. The van der Waals surface area contributed by atoms with Crippen LogP contribution in [0.5, 0.6) is 5.75 Å². The maximum absolute atomic E-state index is 11.6. The second kappa shape index (κ2) is 10.4. The fraction of sp³-hybridized carbons (Fsp3) is 0.393. The van der Waals surface area contributed by atoms with E-state index in [1.807, 2.05) is 48.7 Å². The predicted molar refractivity (Wildman–Crippen MR) is 138 cm³/mol. The van der Waals surface area contributed by atoms with Crippen molar-refractivity contribution in [3.05, 3.63) is 77.9 Å². The number of benzene rings is 2. The molecule has 4 aromatic rings. The molecule has 0 aliphatic carbocycles. The number of rotatable bonds is 9. The van der Waals surface area contributed by atoms with Crippen LogP contribution in [0.2, 0.25) is 0 Å². The summed E-state index contributed by atoms with van der Waals surface area (Å²) in [7, 11) is 0. The van der Waals surface area contributed by atoms with Crippen LogP contribution < -0.4 is 4.74 Å². The summed E-state index contributed by atoms with van der Waals surface area (Å²) in [6.45, 7) is 4.57. The van der Waals surface area contributed by atoms with E-state index in [0.29, 0.717) is 19.2 Å². The number of aromatic nitrogens is 4. The Balaban J connectivity index is 1.13. The van der Waals surface area contributed by atoms with Gasteiger partial charge in [-0.15, -0.1) is 0 Å². The number of likely N-dealkylation sites (tertiary alicyclic amines) is 1. The molecule has 0 bridgehead atoms. The van der Waals surface area contributed by atoms with Gasteiger partial charge in [0.05, 0.1) is 47.5 Å². The van der Waals surface area contributed by atoms with Gasteiger partial charge < -0.3 is 19.1 Å². The number of imidazole rings is 1. The molecule has 4 heterocycles. The molecule has 192 valence electrons. The van der Waals surface area contributed by atoms with Crippen molar-refractivity contribution in [3.63, 3.8) is 0 Å². The Kier molecular flexibility index (Phi) is 6.63. The average molecular weight is 502 g/mol. The third-order valence-corrected chi connectivity index (χ3v) is 7.40. The van der Waals surface area contributed by atoms with E-state index in [0.717, 1.165) is 73.8 Å². The Bertz CT molecular complexity index is 1370.